The van der Waals surface area contributed by atoms with Crippen LogP contribution in [0.25, 0.3) is 16.8 Å². The molecule has 0 spiro atoms. The Kier molecular flexibility index (Phi) is 4.90. The summed E-state index contributed by atoms with van der Waals surface area (Å²) in [7, 11) is 0. The van der Waals surface area contributed by atoms with E-state index in [0.29, 0.717) is 5.56 Å². The predicted octanol–water partition coefficient (Wildman–Crippen LogP) is 5.14. The maximum Gasteiger partial charge on any atom is 0.331 e. The predicted molar refractivity (Wildman–Crippen MR) is 110 cm³/mol. The molecule has 3 aromatic rings. The van der Waals surface area contributed by atoms with Crippen molar-refractivity contribution in [2.75, 3.05) is 6.61 Å². The standard InChI is InChI=1S/C23H17BrO3/c24-19-11-8-16(9-12-19)21(25)14-27-22(26)13-10-15-4-5-18-7-6-17-2-1-3-20(15)23(17)18/h1-5,8-13H,6-7,14H2/b13-10-. The molecule has 0 saturated heterocycles. The Morgan fingerprint density at radius 3 is 2.48 bits per heavy atom. The molecule has 3 nitrogen and oxygen atoms in total. The van der Waals surface area contributed by atoms with Gasteiger partial charge < -0.3 is 4.74 Å². The van der Waals surface area contributed by atoms with Gasteiger partial charge in [0.15, 0.2) is 12.4 Å². The van der Waals surface area contributed by atoms with Crippen molar-refractivity contribution in [2.24, 2.45) is 0 Å². The fraction of sp³-hybridized carbons (Fsp3) is 0.130. The highest BCUT2D eigenvalue weighted by molar-refractivity contribution is 9.10. The van der Waals surface area contributed by atoms with Crippen LogP contribution in [0.1, 0.15) is 27.0 Å². The van der Waals surface area contributed by atoms with E-state index in [9.17, 15) is 9.59 Å². The van der Waals surface area contributed by atoms with E-state index in [-0.39, 0.29) is 12.4 Å². The molecule has 0 heterocycles. The first-order valence-corrected chi connectivity index (χ1v) is 9.58. The van der Waals surface area contributed by atoms with E-state index in [2.05, 4.69) is 40.2 Å². The smallest absolute Gasteiger partial charge is 0.331 e. The van der Waals surface area contributed by atoms with Crippen molar-refractivity contribution in [2.45, 2.75) is 12.8 Å². The van der Waals surface area contributed by atoms with E-state index in [4.69, 9.17) is 4.74 Å². The third kappa shape index (κ3) is 3.71. The number of hydrogen-bond acceptors (Lipinski definition) is 3. The fourth-order valence-electron chi connectivity index (χ4n) is 3.48. The largest absolute Gasteiger partial charge is 0.454 e. The van der Waals surface area contributed by atoms with Crippen LogP contribution in [0.15, 0.2) is 65.1 Å². The number of benzene rings is 3. The van der Waals surface area contributed by atoms with Crippen molar-refractivity contribution < 1.29 is 14.3 Å². The van der Waals surface area contributed by atoms with Crippen LogP contribution in [0.5, 0.6) is 0 Å². The maximum atomic E-state index is 12.1. The molecule has 0 saturated carbocycles. The van der Waals surface area contributed by atoms with E-state index in [0.717, 1.165) is 28.3 Å². The molecule has 0 fully saturated rings. The lowest BCUT2D eigenvalue weighted by Crippen LogP contribution is -2.12. The van der Waals surface area contributed by atoms with E-state index >= 15 is 0 Å². The highest BCUT2D eigenvalue weighted by Gasteiger charge is 2.15. The Hall–Kier alpha value is -2.72. The van der Waals surface area contributed by atoms with Gasteiger partial charge in [0, 0.05) is 16.1 Å². The minimum Gasteiger partial charge on any atom is -0.454 e. The number of carbonyl (C=O) groups excluding carboxylic acids is 2. The number of esters is 1. The molecule has 4 rings (SSSR count). The normalized spacial score (nSPS) is 12.6. The zero-order valence-corrected chi connectivity index (χ0v) is 16.2. The van der Waals surface area contributed by atoms with E-state index in [1.807, 2.05) is 6.07 Å². The number of rotatable bonds is 5. The number of ketones is 1. The summed E-state index contributed by atoms with van der Waals surface area (Å²) in [6, 6.07) is 17.4. The maximum absolute atomic E-state index is 12.1. The molecule has 134 valence electrons. The van der Waals surface area contributed by atoms with Crippen LogP contribution >= 0.6 is 15.9 Å². The van der Waals surface area contributed by atoms with E-state index in [1.54, 1.807) is 30.3 Å². The summed E-state index contributed by atoms with van der Waals surface area (Å²) < 4.78 is 5.99. The average Bonchev–Trinajstić information content (AvgIpc) is 3.11. The highest BCUT2D eigenvalue weighted by atomic mass is 79.9. The minimum absolute atomic E-state index is 0.227. The summed E-state index contributed by atoms with van der Waals surface area (Å²) in [6.45, 7) is -0.269. The van der Waals surface area contributed by atoms with Gasteiger partial charge in [-0.05, 0) is 58.5 Å². The van der Waals surface area contributed by atoms with Crippen molar-refractivity contribution in [3.63, 3.8) is 0 Å². The van der Waals surface area contributed by atoms with Crippen LogP contribution in [0.3, 0.4) is 0 Å². The number of hydrogen-bond donors (Lipinski definition) is 0. The van der Waals surface area contributed by atoms with Gasteiger partial charge in [-0.3, -0.25) is 4.79 Å². The third-order valence-electron chi connectivity index (χ3n) is 4.82. The lowest BCUT2D eigenvalue weighted by atomic mass is 10.00. The summed E-state index contributed by atoms with van der Waals surface area (Å²) in [6.07, 6.45) is 5.28. The summed E-state index contributed by atoms with van der Waals surface area (Å²) in [5.74, 6) is -0.752. The molecule has 0 bridgehead atoms. The van der Waals surface area contributed by atoms with Crippen LogP contribution in [-0.2, 0) is 22.4 Å². The molecule has 0 aliphatic heterocycles. The fourth-order valence-corrected chi connectivity index (χ4v) is 3.74. The van der Waals surface area contributed by atoms with Crippen molar-refractivity contribution in [3.05, 3.63) is 87.4 Å². The average molecular weight is 421 g/mol. The number of halogens is 1. The topological polar surface area (TPSA) is 43.4 Å². The van der Waals surface area contributed by atoms with Gasteiger partial charge in [0.05, 0.1) is 0 Å². The third-order valence-corrected chi connectivity index (χ3v) is 5.35. The lowest BCUT2D eigenvalue weighted by molar-refractivity contribution is -0.136. The van der Waals surface area contributed by atoms with Gasteiger partial charge in [0.2, 0.25) is 0 Å². The number of Topliss-reactive ketones (excluding diaryl/α,β-unsaturated/α-hetero) is 1. The van der Waals surface area contributed by atoms with Gasteiger partial charge in [-0.1, -0.05) is 58.4 Å². The SMILES string of the molecule is O=C(/C=C\c1ccc2c3c(cccc13)CC2)OCC(=O)c1ccc(Br)cc1. The zero-order valence-electron chi connectivity index (χ0n) is 14.6. The molecule has 0 unspecified atom stereocenters. The Balaban J connectivity index is 1.44. The van der Waals surface area contributed by atoms with Gasteiger partial charge in [-0.2, -0.15) is 0 Å². The first kappa shape index (κ1) is 17.7. The van der Waals surface area contributed by atoms with Gasteiger partial charge in [0.1, 0.15) is 0 Å². The van der Waals surface area contributed by atoms with Crippen LogP contribution in [0.2, 0.25) is 0 Å². The molecule has 1 aliphatic carbocycles. The summed E-state index contributed by atoms with van der Waals surface area (Å²) >= 11 is 3.32. The van der Waals surface area contributed by atoms with Crippen molar-refractivity contribution in [3.8, 4) is 0 Å². The van der Waals surface area contributed by atoms with Crippen LogP contribution in [0.4, 0.5) is 0 Å². The molecule has 0 aromatic heterocycles. The quantitative estimate of drug-likeness (QED) is 0.326. The molecule has 0 N–H and O–H groups in total. The molecule has 0 radical (unpaired) electrons. The number of carbonyl (C=O) groups is 2. The van der Waals surface area contributed by atoms with E-state index in [1.165, 1.54) is 22.6 Å². The van der Waals surface area contributed by atoms with Crippen LogP contribution in [-0.4, -0.2) is 18.4 Å². The van der Waals surface area contributed by atoms with Crippen molar-refractivity contribution >= 4 is 44.5 Å². The Bertz CT molecular complexity index is 1050. The summed E-state index contributed by atoms with van der Waals surface area (Å²) in [5, 5.41) is 2.45. The highest BCUT2D eigenvalue weighted by Crippen LogP contribution is 2.33. The zero-order chi connectivity index (χ0) is 18.8. The van der Waals surface area contributed by atoms with Crippen molar-refractivity contribution in [1.82, 2.24) is 0 Å². The van der Waals surface area contributed by atoms with Gasteiger partial charge >= 0.3 is 5.97 Å². The second-order valence-electron chi connectivity index (χ2n) is 6.52. The Morgan fingerprint density at radius 1 is 0.963 bits per heavy atom. The van der Waals surface area contributed by atoms with Crippen molar-refractivity contribution in [1.29, 1.82) is 0 Å². The minimum atomic E-state index is -0.524. The summed E-state index contributed by atoms with van der Waals surface area (Å²) in [4.78, 5) is 24.1. The number of ether oxygens (including phenoxy) is 1. The molecule has 0 amide bonds. The molecular formula is C23H17BrO3. The second kappa shape index (κ2) is 7.49. The van der Waals surface area contributed by atoms with E-state index < -0.39 is 5.97 Å². The van der Waals surface area contributed by atoms with Gasteiger partial charge in [0.25, 0.3) is 0 Å². The lowest BCUT2D eigenvalue weighted by Gasteiger charge is -2.06. The monoisotopic (exact) mass is 420 g/mol. The van der Waals surface area contributed by atoms with Crippen LogP contribution < -0.4 is 0 Å². The molecular weight excluding hydrogens is 404 g/mol. The van der Waals surface area contributed by atoms with Gasteiger partial charge in [-0.25, -0.2) is 4.79 Å². The second-order valence-corrected chi connectivity index (χ2v) is 7.44. The Labute approximate surface area is 165 Å². The van der Waals surface area contributed by atoms with Gasteiger partial charge in [-0.15, -0.1) is 0 Å². The molecule has 0 atom stereocenters. The Morgan fingerprint density at radius 2 is 1.70 bits per heavy atom. The first-order chi connectivity index (χ1) is 13.1. The number of aryl methyl sites for hydroxylation is 2. The molecule has 3 aromatic carbocycles. The summed E-state index contributed by atoms with van der Waals surface area (Å²) in [5.41, 5.74) is 4.22. The first-order valence-electron chi connectivity index (χ1n) is 8.79. The molecule has 4 heteroatoms. The molecule has 27 heavy (non-hydrogen) atoms. The molecule has 1 aliphatic rings. The van der Waals surface area contributed by atoms with Crippen LogP contribution in [0, 0.1) is 0 Å².